The molecule has 3 atom stereocenters. The number of benzene rings is 4. The largest absolute Gasteiger partial charge is 0.508 e. The summed E-state index contributed by atoms with van der Waals surface area (Å²) in [6.45, 7) is 7.32. The summed E-state index contributed by atoms with van der Waals surface area (Å²) in [5.41, 5.74) is 9.52. The number of hydrogen-bond donors (Lipinski definition) is 2. The van der Waals surface area contributed by atoms with Crippen LogP contribution in [0.4, 0.5) is 5.69 Å². The minimum atomic E-state index is -0.0656. The van der Waals surface area contributed by atoms with Gasteiger partial charge in [0.1, 0.15) is 17.2 Å². The fraction of sp³-hybridized carbons (Fsp3) is 0.468. The second-order valence-corrected chi connectivity index (χ2v) is 17.3. The molecular formula is C47H53N3O5. The van der Waals surface area contributed by atoms with Crippen molar-refractivity contribution >= 4 is 11.6 Å². The number of phenolic OH excluding ortho intramolecular Hbond substituents is 1. The molecule has 1 amide bonds. The third kappa shape index (κ3) is 6.16. The molecule has 6 aliphatic rings. The van der Waals surface area contributed by atoms with Crippen LogP contribution in [0.2, 0.25) is 0 Å². The van der Waals surface area contributed by atoms with Gasteiger partial charge in [-0.15, -0.1) is 0 Å². The number of phenols is 1. The molecule has 10 rings (SSSR count). The summed E-state index contributed by atoms with van der Waals surface area (Å²) in [7, 11) is 1.66. The van der Waals surface area contributed by atoms with E-state index in [1.54, 1.807) is 7.11 Å². The molecule has 3 fully saturated rings. The highest BCUT2D eigenvalue weighted by Gasteiger charge is 2.47. The highest BCUT2D eigenvalue weighted by molar-refractivity contribution is 6.02. The number of anilines is 1. The number of aromatic hydroxyl groups is 1. The standard InChI is InChI=1S/C47H53N3O5/c1-53-41-26-40-44(39-27-48-45(52)43(39)41)54-30-46(40)17-21-49(22-18-46)28-31-15-16-47(55-29-31)19-23-50(24-20-47)35-10-7-33(8-11-35)42-37(32-5-3-2-4-6-32)13-9-34-25-36(51)12-14-38(34)42/h2-8,10-12,14,25-26,31,37,42,51H,9,13,15-24,27-30H2,1H3,(H,48,52). The van der Waals surface area contributed by atoms with Gasteiger partial charge in [0.15, 0.2) is 0 Å². The molecule has 55 heavy (non-hydrogen) atoms. The Labute approximate surface area is 324 Å². The Kier molecular flexibility index (Phi) is 8.82. The zero-order chi connectivity index (χ0) is 37.1. The number of carbonyl (C=O) groups is 1. The Morgan fingerprint density at radius 1 is 0.891 bits per heavy atom. The topological polar surface area (TPSA) is 83.5 Å². The van der Waals surface area contributed by atoms with Crippen LogP contribution in [0.3, 0.4) is 0 Å². The van der Waals surface area contributed by atoms with Crippen molar-refractivity contribution in [3.63, 3.8) is 0 Å². The lowest BCUT2D eigenvalue weighted by atomic mass is 9.69. The van der Waals surface area contributed by atoms with Crippen LogP contribution in [-0.4, -0.2) is 74.6 Å². The van der Waals surface area contributed by atoms with E-state index in [0.717, 1.165) is 95.6 Å². The van der Waals surface area contributed by atoms with E-state index in [1.165, 1.54) is 39.9 Å². The van der Waals surface area contributed by atoms with Gasteiger partial charge in [0.25, 0.3) is 5.91 Å². The van der Waals surface area contributed by atoms with E-state index < -0.39 is 0 Å². The van der Waals surface area contributed by atoms with Gasteiger partial charge in [-0.05, 0) is 129 Å². The predicted octanol–water partition coefficient (Wildman–Crippen LogP) is 7.70. The van der Waals surface area contributed by atoms with Crippen LogP contribution in [0.25, 0.3) is 0 Å². The Bertz CT molecular complexity index is 2060. The zero-order valence-corrected chi connectivity index (χ0v) is 32.0. The van der Waals surface area contributed by atoms with Crippen LogP contribution < -0.4 is 19.7 Å². The first-order valence-corrected chi connectivity index (χ1v) is 20.6. The summed E-state index contributed by atoms with van der Waals surface area (Å²) in [5.74, 6) is 3.14. The lowest BCUT2D eigenvalue weighted by Gasteiger charge is -2.47. The number of methoxy groups -OCH3 is 1. The van der Waals surface area contributed by atoms with E-state index in [0.29, 0.717) is 42.0 Å². The Morgan fingerprint density at radius 3 is 2.44 bits per heavy atom. The number of ether oxygens (including phenoxy) is 3. The molecule has 1 aliphatic carbocycles. The molecule has 4 aromatic rings. The van der Waals surface area contributed by atoms with Crippen molar-refractivity contribution in [3.05, 3.63) is 118 Å². The SMILES string of the molecule is COc1cc2c(c3c1C(=O)NC3)OCC21CCN(CC2CCC3(CCN(c4ccc(C5c6ccc(O)cc6CCC5c5ccccc5)cc4)CC3)OC2)CC1. The average Bonchev–Trinajstić information content (AvgIpc) is 3.79. The minimum Gasteiger partial charge on any atom is -0.508 e. The molecule has 2 N–H and O–H groups in total. The van der Waals surface area contributed by atoms with E-state index in [2.05, 4.69) is 81.8 Å². The van der Waals surface area contributed by atoms with E-state index in [-0.39, 0.29) is 22.8 Å². The van der Waals surface area contributed by atoms with Gasteiger partial charge in [-0.1, -0.05) is 48.5 Å². The van der Waals surface area contributed by atoms with Crippen LogP contribution in [0, 0.1) is 5.92 Å². The highest BCUT2D eigenvalue weighted by Crippen LogP contribution is 2.52. The lowest BCUT2D eigenvalue weighted by Crippen LogP contribution is -2.51. The van der Waals surface area contributed by atoms with Crippen LogP contribution in [-0.2, 0) is 23.1 Å². The second-order valence-electron chi connectivity index (χ2n) is 17.3. The monoisotopic (exact) mass is 739 g/mol. The molecule has 0 radical (unpaired) electrons. The summed E-state index contributed by atoms with van der Waals surface area (Å²) in [4.78, 5) is 17.7. The molecule has 8 nitrogen and oxygen atoms in total. The Balaban J connectivity index is 0.740. The number of aryl methyl sites for hydroxylation is 1. The fourth-order valence-corrected chi connectivity index (χ4v) is 11.1. The fourth-order valence-electron chi connectivity index (χ4n) is 11.1. The number of nitrogens with one attached hydrogen (secondary N) is 1. The van der Waals surface area contributed by atoms with Crippen LogP contribution in [0.1, 0.15) is 101 Å². The molecule has 0 aromatic heterocycles. The quantitative estimate of drug-likeness (QED) is 0.210. The number of carbonyl (C=O) groups excluding carboxylic acids is 1. The van der Waals surface area contributed by atoms with E-state index in [9.17, 15) is 9.90 Å². The van der Waals surface area contributed by atoms with Crippen LogP contribution in [0.5, 0.6) is 17.2 Å². The van der Waals surface area contributed by atoms with Crippen molar-refractivity contribution in [3.8, 4) is 17.2 Å². The van der Waals surface area contributed by atoms with Gasteiger partial charge in [0.2, 0.25) is 0 Å². The van der Waals surface area contributed by atoms with Crippen LogP contribution >= 0.6 is 0 Å². The summed E-state index contributed by atoms with van der Waals surface area (Å²) < 4.78 is 18.8. The van der Waals surface area contributed by atoms with Crippen molar-refractivity contribution in [2.75, 3.05) is 57.9 Å². The number of rotatable bonds is 6. The van der Waals surface area contributed by atoms with Crippen molar-refractivity contribution in [2.45, 2.75) is 80.8 Å². The number of amides is 1. The molecule has 5 aliphatic heterocycles. The predicted molar refractivity (Wildman–Crippen MR) is 214 cm³/mol. The number of nitrogens with zero attached hydrogens (tertiary/aromatic N) is 2. The Morgan fingerprint density at radius 2 is 1.69 bits per heavy atom. The molecule has 2 spiro atoms. The number of piperidine rings is 2. The highest BCUT2D eigenvalue weighted by atomic mass is 16.5. The number of hydrogen-bond acceptors (Lipinski definition) is 7. The summed E-state index contributed by atoms with van der Waals surface area (Å²) in [6.07, 6.45) is 8.73. The van der Waals surface area contributed by atoms with Crippen molar-refractivity contribution in [1.82, 2.24) is 10.2 Å². The van der Waals surface area contributed by atoms with E-state index >= 15 is 0 Å². The molecule has 0 bridgehead atoms. The average molecular weight is 740 g/mol. The van der Waals surface area contributed by atoms with Gasteiger partial charge in [-0.25, -0.2) is 0 Å². The minimum absolute atomic E-state index is 0.00203. The molecule has 0 saturated carbocycles. The molecule has 4 aromatic carbocycles. The van der Waals surface area contributed by atoms with E-state index in [1.807, 2.05) is 12.1 Å². The second kappa shape index (κ2) is 13.9. The third-order valence-electron chi connectivity index (χ3n) is 14.4. The molecular weight excluding hydrogens is 687 g/mol. The first kappa shape index (κ1) is 34.9. The summed E-state index contributed by atoms with van der Waals surface area (Å²) in [6, 6.07) is 28.4. The maximum atomic E-state index is 12.5. The van der Waals surface area contributed by atoms with Gasteiger partial charge < -0.3 is 34.4 Å². The number of fused-ring (bicyclic) bond motifs is 5. The molecule has 3 saturated heterocycles. The van der Waals surface area contributed by atoms with Crippen molar-refractivity contribution in [2.24, 2.45) is 5.92 Å². The van der Waals surface area contributed by atoms with Gasteiger partial charge in [0, 0.05) is 54.3 Å². The smallest absolute Gasteiger partial charge is 0.255 e. The van der Waals surface area contributed by atoms with Crippen molar-refractivity contribution < 1.29 is 24.1 Å². The maximum absolute atomic E-state index is 12.5. The molecule has 5 heterocycles. The lowest BCUT2D eigenvalue weighted by molar-refractivity contribution is -0.117. The van der Waals surface area contributed by atoms with Gasteiger partial charge in [-0.3, -0.25) is 4.79 Å². The zero-order valence-electron chi connectivity index (χ0n) is 32.0. The third-order valence-corrected chi connectivity index (χ3v) is 14.4. The molecule has 8 heteroatoms. The Hall–Kier alpha value is -4.53. The van der Waals surface area contributed by atoms with E-state index in [4.69, 9.17) is 14.2 Å². The number of likely N-dealkylation sites (tertiary alicyclic amines) is 1. The van der Waals surface area contributed by atoms with Crippen molar-refractivity contribution in [1.29, 1.82) is 0 Å². The van der Waals surface area contributed by atoms with Gasteiger partial charge in [0.05, 0.1) is 31.5 Å². The summed E-state index contributed by atoms with van der Waals surface area (Å²) >= 11 is 0. The van der Waals surface area contributed by atoms with Gasteiger partial charge >= 0.3 is 0 Å². The normalized spacial score (nSPS) is 25.2. The maximum Gasteiger partial charge on any atom is 0.255 e. The molecule has 286 valence electrons. The molecule has 3 unspecified atom stereocenters. The first-order chi connectivity index (χ1) is 26.9. The van der Waals surface area contributed by atoms with Crippen LogP contribution in [0.15, 0.2) is 78.9 Å². The first-order valence-electron chi connectivity index (χ1n) is 20.6. The summed E-state index contributed by atoms with van der Waals surface area (Å²) in [5, 5.41) is 13.2. The van der Waals surface area contributed by atoms with Gasteiger partial charge in [-0.2, -0.15) is 0 Å².